The molecule has 0 spiro atoms. The highest BCUT2D eigenvalue weighted by Crippen LogP contribution is 2.26. The van der Waals surface area contributed by atoms with E-state index in [-0.39, 0.29) is 16.8 Å². The normalized spacial score (nSPS) is 10.0. The van der Waals surface area contributed by atoms with Gasteiger partial charge in [0.15, 0.2) is 5.11 Å². The van der Waals surface area contributed by atoms with Gasteiger partial charge in [0.05, 0.1) is 11.3 Å². The van der Waals surface area contributed by atoms with Gasteiger partial charge in [0.2, 0.25) is 0 Å². The van der Waals surface area contributed by atoms with Crippen LogP contribution in [0.5, 0.6) is 5.75 Å². The molecule has 0 atom stereocenters. The maximum absolute atomic E-state index is 12.1. The predicted molar refractivity (Wildman–Crippen MR) is 90.9 cm³/mol. The molecule has 108 valence electrons. The minimum atomic E-state index is -0.360. The number of hydrogen-bond donors (Lipinski definition) is 3. The molecule has 0 bridgehead atoms. The van der Waals surface area contributed by atoms with E-state index in [1.54, 1.807) is 30.3 Å². The standard InChI is InChI=1S/C14H10BrClN2O2S/c15-10-4-2-1-3-9(10)13(20)18-14(21)17-11-7-8(16)5-6-12(11)19/h1-7,19H,(H2,17,18,20,21). The van der Waals surface area contributed by atoms with Crippen LogP contribution in [0.2, 0.25) is 5.02 Å². The molecule has 0 radical (unpaired) electrons. The Morgan fingerprint density at radius 1 is 1.24 bits per heavy atom. The number of carbonyl (C=O) groups is 1. The monoisotopic (exact) mass is 384 g/mol. The lowest BCUT2D eigenvalue weighted by Crippen LogP contribution is -2.34. The topological polar surface area (TPSA) is 61.4 Å². The largest absolute Gasteiger partial charge is 0.506 e. The molecular weight excluding hydrogens is 376 g/mol. The molecule has 0 saturated heterocycles. The summed E-state index contributed by atoms with van der Waals surface area (Å²) in [5, 5.41) is 15.4. The summed E-state index contributed by atoms with van der Waals surface area (Å²) in [5.74, 6) is -0.376. The van der Waals surface area contributed by atoms with Crippen molar-refractivity contribution in [1.82, 2.24) is 5.32 Å². The van der Waals surface area contributed by atoms with Crippen molar-refractivity contribution in [2.45, 2.75) is 0 Å². The van der Waals surface area contributed by atoms with Gasteiger partial charge in [0.1, 0.15) is 5.75 Å². The van der Waals surface area contributed by atoms with Crippen molar-refractivity contribution in [2.24, 2.45) is 0 Å². The molecule has 0 aliphatic rings. The van der Waals surface area contributed by atoms with Crippen molar-refractivity contribution < 1.29 is 9.90 Å². The summed E-state index contributed by atoms with van der Waals surface area (Å²) in [6, 6.07) is 11.5. The van der Waals surface area contributed by atoms with Gasteiger partial charge >= 0.3 is 0 Å². The Morgan fingerprint density at radius 3 is 2.67 bits per heavy atom. The lowest BCUT2D eigenvalue weighted by Gasteiger charge is -2.11. The summed E-state index contributed by atoms with van der Waals surface area (Å²) < 4.78 is 0.663. The average Bonchev–Trinajstić information content (AvgIpc) is 2.43. The first-order valence-electron chi connectivity index (χ1n) is 5.83. The minimum absolute atomic E-state index is 0.0168. The first-order valence-corrected chi connectivity index (χ1v) is 7.40. The predicted octanol–water partition coefficient (Wildman–Crippen LogP) is 3.93. The molecule has 2 aromatic carbocycles. The van der Waals surface area contributed by atoms with Crippen LogP contribution in [0, 0.1) is 0 Å². The number of rotatable bonds is 2. The van der Waals surface area contributed by atoms with E-state index in [4.69, 9.17) is 23.8 Å². The molecule has 0 aliphatic heterocycles. The molecule has 2 rings (SSSR count). The number of phenols is 1. The number of halogens is 2. The molecule has 0 unspecified atom stereocenters. The molecule has 21 heavy (non-hydrogen) atoms. The molecule has 2 aromatic rings. The smallest absolute Gasteiger partial charge is 0.258 e. The third-order valence-corrected chi connectivity index (χ3v) is 3.68. The molecule has 4 nitrogen and oxygen atoms in total. The lowest BCUT2D eigenvalue weighted by atomic mass is 10.2. The van der Waals surface area contributed by atoms with Crippen LogP contribution in [0.3, 0.4) is 0 Å². The van der Waals surface area contributed by atoms with E-state index in [1.165, 1.54) is 12.1 Å². The quantitative estimate of drug-likeness (QED) is 0.541. The third-order valence-electron chi connectivity index (χ3n) is 2.55. The SMILES string of the molecule is O=C(NC(=S)Nc1cc(Cl)ccc1O)c1ccccc1Br. The molecule has 0 saturated carbocycles. The number of benzene rings is 2. The van der Waals surface area contributed by atoms with Crippen LogP contribution in [-0.2, 0) is 0 Å². The van der Waals surface area contributed by atoms with Crippen LogP contribution < -0.4 is 10.6 Å². The Morgan fingerprint density at radius 2 is 1.95 bits per heavy atom. The summed E-state index contributed by atoms with van der Waals surface area (Å²) in [6.45, 7) is 0. The molecule has 7 heteroatoms. The fourth-order valence-electron chi connectivity index (χ4n) is 1.58. The average molecular weight is 386 g/mol. The molecule has 0 fully saturated rings. The number of hydrogen-bond acceptors (Lipinski definition) is 3. The highest BCUT2D eigenvalue weighted by Gasteiger charge is 2.12. The summed E-state index contributed by atoms with van der Waals surface area (Å²) in [7, 11) is 0. The van der Waals surface area contributed by atoms with E-state index < -0.39 is 0 Å². The second kappa shape index (κ2) is 6.89. The highest BCUT2D eigenvalue weighted by molar-refractivity contribution is 9.10. The van der Waals surface area contributed by atoms with Crippen LogP contribution in [-0.4, -0.2) is 16.1 Å². The summed E-state index contributed by atoms with van der Waals surface area (Å²) in [4.78, 5) is 12.1. The first-order chi connectivity index (χ1) is 9.97. The van der Waals surface area contributed by atoms with Crippen molar-refractivity contribution in [2.75, 3.05) is 5.32 Å². The Kier molecular flexibility index (Phi) is 5.17. The highest BCUT2D eigenvalue weighted by atomic mass is 79.9. The fourth-order valence-corrected chi connectivity index (χ4v) is 2.42. The Labute approximate surface area is 140 Å². The Hall–Kier alpha value is -1.63. The van der Waals surface area contributed by atoms with Crippen molar-refractivity contribution in [3.63, 3.8) is 0 Å². The van der Waals surface area contributed by atoms with E-state index in [0.29, 0.717) is 20.7 Å². The van der Waals surface area contributed by atoms with E-state index in [1.807, 2.05) is 0 Å². The van der Waals surface area contributed by atoms with Gasteiger partial charge < -0.3 is 10.4 Å². The van der Waals surface area contributed by atoms with Crippen molar-refractivity contribution in [3.05, 3.63) is 57.5 Å². The number of anilines is 1. The van der Waals surface area contributed by atoms with Gasteiger partial charge in [-0.3, -0.25) is 10.1 Å². The Balaban J connectivity index is 2.07. The van der Waals surface area contributed by atoms with Gasteiger partial charge in [-0.25, -0.2) is 0 Å². The van der Waals surface area contributed by atoms with Crippen LogP contribution in [0.4, 0.5) is 5.69 Å². The maximum Gasteiger partial charge on any atom is 0.258 e. The molecule has 1 amide bonds. The summed E-state index contributed by atoms with van der Waals surface area (Å²) in [5.41, 5.74) is 0.775. The number of phenolic OH excluding ortho intramolecular Hbond substituents is 1. The van der Waals surface area contributed by atoms with Crippen LogP contribution in [0.1, 0.15) is 10.4 Å². The van der Waals surface area contributed by atoms with Gasteiger partial charge in [-0.2, -0.15) is 0 Å². The zero-order valence-corrected chi connectivity index (χ0v) is 13.7. The van der Waals surface area contributed by atoms with Gasteiger partial charge in [0.25, 0.3) is 5.91 Å². The second-order valence-electron chi connectivity index (χ2n) is 4.05. The fraction of sp³-hybridized carbons (Fsp3) is 0. The van der Waals surface area contributed by atoms with Crippen LogP contribution in [0.25, 0.3) is 0 Å². The van der Waals surface area contributed by atoms with Crippen LogP contribution >= 0.6 is 39.7 Å². The van der Waals surface area contributed by atoms with Crippen LogP contribution in [0.15, 0.2) is 46.9 Å². The van der Waals surface area contributed by atoms with Gasteiger partial charge in [-0.1, -0.05) is 23.7 Å². The van der Waals surface area contributed by atoms with Crippen molar-refractivity contribution >= 4 is 56.5 Å². The Bertz CT molecular complexity index is 709. The van der Waals surface area contributed by atoms with Gasteiger partial charge in [0, 0.05) is 9.50 Å². The van der Waals surface area contributed by atoms with E-state index >= 15 is 0 Å². The minimum Gasteiger partial charge on any atom is -0.506 e. The zero-order chi connectivity index (χ0) is 15.4. The van der Waals surface area contributed by atoms with Gasteiger partial charge in [-0.15, -0.1) is 0 Å². The molecular formula is C14H10BrClN2O2S. The number of nitrogens with one attached hydrogen (secondary N) is 2. The zero-order valence-electron chi connectivity index (χ0n) is 10.6. The lowest BCUT2D eigenvalue weighted by molar-refractivity contribution is 0.0977. The number of thiocarbonyl (C=S) groups is 1. The third kappa shape index (κ3) is 4.17. The van der Waals surface area contributed by atoms with E-state index in [2.05, 4.69) is 26.6 Å². The summed E-state index contributed by atoms with van der Waals surface area (Å²) >= 11 is 14.2. The van der Waals surface area contributed by atoms with Crippen molar-refractivity contribution in [1.29, 1.82) is 0 Å². The van der Waals surface area contributed by atoms with Gasteiger partial charge in [-0.05, 0) is 58.5 Å². The van der Waals surface area contributed by atoms with Crippen molar-refractivity contribution in [3.8, 4) is 5.75 Å². The number of aromatic hydroxyl groups is 1. The summed E-state index contributed by atoms with van der Waals surface area (Å²) in [6.07, 6.45) is 0. The number of amides is 1. The molecule has 3 N–H and O–H groups in total. The molecule has 0 aromatic heterocycles. The van der Waals surface area contributed by atoms with E-state index in [9.17, 15) is 9.90 Å². The van der Waals surface area contributed by atoms with E-state index in [0.717, 1.165) is 0 Å². The molecule has 0 heterocycles. The first kappa shape index (κ1) is 15.8. The second-order valence-corrected chi connectivity index (χ2v) is 5.75. The molecule has 0 aliphatic carbocycles. The maximum atomic E-state index is 12.1. The number of carbonyl (C=O) groups excluding carboxylic acids is 1.